The standard InChI is InChI=1S/C46H52N2O6/c1-47(29-33-21-22-33)41(25-27-45(35-13-5-3-6-14-35)31-51-39-19-11-9-17-37(39)45)53-43(49)44(50)54-42(48(2)30-34-23-24-34)26-28-46(36-15-7-4-8-16-36)32-52-40-20-12-10-18-38(40)46/h3-20,33-34,41-42H,21-32H2,1-2H3. The van der Waals surface area contributed by atoms with Gasteiger partial charge >= 0.3 is 11.9 Å². The molecule has 0 saturated heterocycles. The van der Waals surface area contributed by atoms with Gasteiger partial charge in [-0.05, 0) is 101 Å². The first kappa shape index (κ1) is 36.3. The van der Waals surface area contributed by atoms with Crippen LogP contribution in [-0.2, 0) is 29.9 Å². The molecule has 2 aliphatic carbocycles. The van der Waals surface area contributed by atoms with E-state index in [-0.39, 0.29) is 0 Å². The van der Waals surface area contributed by atoms with Gasteiger partial charge in [0.25, 0.3) is 0 Å². The van der Waals surface area contributed by atoms with Crippen LogP contribution in [0.15, 0.2) is 109 Å². The lowest BCUT2D eigenvalue weighted by atomic mass is 9.72. The average Bonchev–Trinajstić information content (AvgIpc) is 4.14. The van der Waals surface area contributed by atoms with Gasteiger partial charge in [-0.1, -0.05) is 97.1 Å². The number of ether oxygens (including phenoxy) is 4. The van der Waals surface area contributed by atoms with Crippen molar-refractivity contribution in [3.8, 4) is 11.5 Å². The zero-order valence-electron chi connectivity index (χ0n) is 31.5. The molecule has 2 aliphatic heterocycles. The number of esters is 2. The van der Waals surface area contributed by atoms with Crippen molar-refractivity contribution in [2.24, 2.45) is 11.8 Å². The zero-order valence-corrected chi connectivity index (χ0v) is 31.5. The van der Waals surface area contributed by atoms with E-state index in [1.54, 1.807) is 0 Å². The first-order valence-electron chi connectivity index (χ1n) is 19.7. The second-order valence-corrected chi connectivity index (χ2v) is 16.0. The SMILES string of the molecule is CN(CC1CC1)C(CCC1(c2ccccc2)COc2ccccc21)OC(=O)C(=O)OC(CCC1(c2ccccc2)COc2ccccc21)N(C)CC1CC1. The topological polar surface area (TPSA) is 77.5 Å². The zero-order chi connectivity index (χ0) is 37.1. The summed E-state index contributed by atoms with van der Waals surface area (Å²) < 4.78 is 24.8. The Morgan fingerprint density at radius 2 is 0.963 bits per heavy atom. The molecule has 0 amide bonds. The maximum absolute atomic E-state index is 13.8. The highest BCUT2D eigenvalue weighted by atomic mass is 16.6. The molecule has 54 heavy (non-hydrogen) atoms. The molecule has 4 aromatic rings. The van der Waals surface area contributed by atoms with Crippen molar-refractivity contribution >= 4 is 11.9 Å². The molecule has 2 fully saturated rings. The van der Waals surface area contributed by atoms with Crippen LogP contribution in [0.25, 0.3) is 0 Å². The van der Waals surface area contributed by atoms with Crippen molar-refractivity contribution in [1.82, 2.24) is 9.80 Å². The van der Waals surface area contributed by atoms with E-state index in [9.17, 15) is 9.59 Å². The molecule has 8 nitrogen and oxygen atoms in total. The van der Waals surface area contributed by atoms with Gasteiger partial charge in [0, 0.05) is 24.2 Å². The summed E-state index contributed by atoms with van der Waals surface area (Å²) in [5.74, 6) is 1.02. The van der Waals surface area contributed by atoms with Crippen LogP contribution in [0.4, 0.5) is 0 Å². The summed E-state index contributed by atoms with van der Waals surface area (Å²) in [5, 5.41) is 0. The van der Waals surface area contributed by atoms with Gasteiger partial charge in [-0.25, -0.2) is 9.59 Å². The van der Waals surface area contributed by atoms with Gasteiger partial charge in [-0.2, -0.15) is 0 Å². The van der Waals surface area contributed by atoms with E-state index in [1.807, 2.05) is 50.5 Å². The quantitative estimate of drug-likeness (QED) is 0.0660. The lowest BCUT2D eigenvalue weighted by Gasteiger charge is -2.34. The maximum Gasteiger partial charge on any atom is 0.419 e. The minimum absolute atomic E-state index is 0.405. The highest BCUT2D eigenvalue weighted by Crippen LogP contribution is 2.48. The fourth-order valence-electron chi connectivity index (χ4n) is 8.70. The Labute approximate surface area is 319 Å². The van der Waals surface area contributed by atoms with Crippen molar-refractivity contribution in [2.75, 3.05) is 40.4 Å². The van der Waals surface area contributed by atoms with Crippen LogP contribution >= 0.6 is 0 Å². The second-order valence-electron chi connectivity index (χ2n) is 16.0. The number of benzene rings is 4. The average molecular weight is 729 g/mol. The summed E-state index contributed by atoms with van der Waals surface area (Å²) in [6, 6.07) is 37.3. The number of nitrogens with zero attached hydrogens (tertiary/aromatic N) is 2. The van der Waals surface area contributed by atoms with Crippen LogP contribution in [-0.4, -0.2) is 74.6 Å². The van der Waals surface area contributed by atoms with E-state index >= 15 is 0 Å². The smallest absolute Gasteiger partial charge is 0.419 e. The van der Waals surface area contributed by atoms with E-state index in [0.29, 0.717) is 50.7 Å². The number of fused-ring (bicyclic) bond motifs is 2. The number of carbonyl (C=O) groups is 2. The predicted octanol–water partition coefficient (Wildman–Crippen LogP) is 7.73. The van der Waals surface area contributed by atoms with Crippen LogP contribution in [0.1, 0.15) is 73.6 Å². The van der Waals surface area contributed by atoms with Crippen LogP contribution < -0.4 is 9.47 Å². The molecular formula is C46H52N2O6. The third-order valence-electron chi connectivity index (χ3n) is 12.2. The fraction of sp³-hybridized carbons (Fsp3) is 0.435. The molecule has 0 aromatic heterocycles. The lowest BCUT2D eigenvalue weighted by molar-refractivity contribution is -0.185. The number of carbonyl (C=O) groups excluding carboxylic acids is 2. The Balaban J connectivity index is 0.998. The third-order valence-corrected chi connectivity index (χ3v) is 12.2. The van der Waals surface area contributed by atoms with Gasteiger partial charge in [0.15, 0.2) is 12.5 Å². The van der Waals surface area contributed by atoms with E-state index in [0.717, 1.165) is 72.5 Å². The summed E-state index contributed by atoms with van der Waals surface area (Å²) in [5.41, 5.74) is 3.78. The summed E-state index contributed by atoms with van der Waals surface area (Å²) in [7, 11) is 3.99. The number of para-hydroxylation sites is 2. The Morgan fingerprint density at radius 3 is 1.35 bits per heavy atom. The molecule has 0 spiro atoms. The molecule has 0 bridgehead atoms. The van der Waals surface area contributed by atoms with E-state index in [2.05, 4.69) is 82.6 Å². The molecule has 8 heteroatoms. The normalized spacial score (nSPS) is 22.5. The largest absolute Gasteiger partial charge is 0.492 e. The Bertz CT molecular complexity index is 1770. The first-order chi connectivity index (χ1) is 26.3. The summed E-state index contributed by atoms with van der Waals surface area (Å²) >= 11 is 0. The summed E-state index contributed by atoms with van der Waals surface area (Å²) in [4.78, 5) is 31.8. The predicted molar refractivity (Wildman–Crippen MR) is 207 cm³/mol. The molecule has 4 unspecified atom stereocenters. The van der Waals surface area contributed by atoms with Crippen LogP contribution in [0, 0.1) is 11.8 Å². The van der Waals surface area contributed by atoms with E-state index in [4.69, 9.17) is 18.9 Å². The molecule has 2 heterocycles. The number of rotatable bonds is 16. The molecule has 0 radical (unpaired) electrons. The minimum Gasteiger partial charge on any atom is -0.492 e. The second kappa shape index (κ2) is 15.6. The molecule has 282 valence electrons. The number of hydrogen-bond donors (Lipinski definition) is 0. The first-order valence-corrected chi connectivity index (χ1v) is 19.7. The van der Waals surface area contributed by atoms with Crippen molar-refractivity contribution in [1.29, 1.82) is 0 Å². The van der Waals surface area contributed by atoms with Gasteiger partial charge in [-0.15, -0.1) is 0 Å². The highest BCUT2D eigenvalue weighted by molar-refractivity contribution is 6.29. The van der Waals surface area contributed by atoms with Gasteiger partial charge in [0.05, 0.1) is 10.8 Å². The molecule has 4 aromatic carbocycles. The van der Waals surface area contributed by atoms with Gasteiger partial charge < -0.3 is 18.9 Å². The van der Waals surface area contributed by atoms with E-state index in [1.165, 1.54) is 0 Å². The van der Waals surface area contributed by atoms with Crippen molar-refractivity contribution in [3.05, 3.63) is 131 Å². The minimum atomic E-state index is -0.948. The third kappa shape index (κ3) is 7.64. The van der Waals surface area contributed by atoms with Crippen LogP contribution in [0.3, 0.4) is 0 Å². The Hall–Kier alpha value is -4.66. The number of hydrogen-bond acceptors (Lipinski definition) is 8. The van der Waals surface area contributed by atoms with Crippen molar-refractivity contribution < 1.29 is 28.5 Å². The van der Waals surface area contributed by atoms with Gasteiger partial charge in [0.1, 0.15) is 24.7 Å². The van der Waals surface area contributed by atoms with Gasteiger partial charge in [0.2, 0.25) is 0 Å². The molecular weight excluding hydrogens is 677 g/mol. The van der Waals surface area contributed by atoms with Crippen molar-refractivity contribution in [2.45, 2.75) is 74.7 Å². The molecule has 8 rings (SSSR count). The molecule has 4 atom stereocenters. The van der Waals surface area contributed by atoms with E-state index < -0.39 is 35.2 Å². The van der Waals surface area contributed by atoms with Gasteiger partial charge in [-0.3, -0.25) is 9.80 Å². The van der Waals surface area contributed by atoms with Crippen LogP contribution in [0.5, 0.6) is 11.5 Å². The Morgan fingerprint density at radius 1 is 0.593 bits per heavy atom. The fourth-order valence-corrected chi connectivity index (χ4v) is 8.70. The van der Waals surface area contributed by atoms with Crippen LogP contribution in [0.2, 0.25) is 0 Å². The molecule has 0 N–H and O–H groups in total. The maximum atomic E-state index is 13.8. The molecule has 2 saturated carbocycles. The summed E-state index contributed by atoms with van der Waals surface area (Å²) in [6.45, 7) is 2.60. The summed E-state index contributed by atoms with van der Waals surface area (Å²) in [6.07, 6.45) is 5.85. The monoisotopic (exact) mass is 728 g/mol. The Kier molecular flexibility index (Phi) is 10.5. The lowest BCUT2D eigenvalue weighted by Crippen LogP contribution is -2.44. The highest BCUT2D eigenvalue weighted by Gasteiger charge is 2.45. The van der Waals surface area contributed by atoms with Crippen molar-refractivity contribution in [3.63, 3.8) is 0 Å². The molecule has 4 aliphatic rings.